The summed E-state index contributed by atoms with van der Waals surface area (Å²) < 4.78 is 0. The van der Waals surface area contributed by atoms with Gasteiger partial charge in [0.2, 0.25) is 11.2 Å². The molecule has 0 aromatic carbocycles. The molecule has 0 saturated carbocycles. The topological polar surface area (TPSA) is 42.3 Å². The highest BCUT2D eigenvalue weighted by Crippen LogP contribution is 2.21. The Bertz CT molecular complexity index is 266. The molecule has 1 heterocycles. The van der Waals surface area contributed by atoms with E-state index in [1.807, 2.05) is 0 Å². The quantitative estimate of drug-likeness (QED) is 0.390. The lowest BCUT2D eigenvalue weighted by atomic mass is 10.6. The molecule has 52 valence electrons. The summed E-state index contributed by atoms with van der Waals surface area (Å²) in [6.45, 7) is 0. The zero-order chi connectivity index (χ0) is 7.40. The van der Waals surface area contributed by atoms with Gasteiger partial charge in [-0.25, -0.2) is 9.78 Å². The average molecular weight is 175 g/mol. The summed E-state index contributed by atoms with van der Waals surface area (Å²) in [6, 6.07) is 0. The van der Waals surface area contributed by atoms with Crippen LogP contribution in [0.5, 0.6) is 0 Å². The van der Waals surface area contributed by atoms with Gasteiger partial charge in [0.15, 0.2) is 0 Å². The van der Waals surface area contributed by atoms with E-state index in [0.717, 1.165) is 4.88 Å². The molecule has 0 radical (unpaired) electrons. The lowest BCUT2D eigenvalue weighted by molar-refractivity contribution is 0.565. The standard InChI is InChI=1S/C5H3ClN2OS/c6-1-4-2-7-5(10-4)8-3-9/h2H,1H2. The minimum atomic E-state index is 0.408. The fourth-order valence-corrected chi connectivity index (χ4v) is 1.27. The molecule has 0 fully saturated rings. The van der Waals surface area contributed by atoms with Crippen molar-refractivity contribution in [3.8, 4) is 0 Å². The molecule has 0 bridgehead atoms. The normalized spacial score (nSPS) is 8.90. The van der Waals surface area contributed by atoms with Gasteiger partial charge in [0.05, 0.1) is 5.88 Å². The van der Waals surface area contributed by atoms with Crippen LogP contribution in [-0.4, -0.2) is 11.1 Å². The summed E-state index contributed by atoms with van der Waals surface area (Å²) in [6.07, 6.45) is 2.99. The molecule has 10 heavy (non-hydrogen) atoms. The minimum Gasteiger partial charge on any atom is -0.226 e. The largest absolute Gasteiger partial charge is 0.242 e. The summed E-state index contributed by atoms with van der Waals surface area (Å²) in [4.78, 5) is 17.7. The van der Waals surface area contributed by atoms with E-state index in [2.05, 4.69) is 9.98 Å². The van der Waals surface area contributed by atoms with Crippen LogP contribution in [0.25, 0.3) is 0 Å². The Morgan fingerprint density at radius 1 is 1.90 bits per heavy atom. The number of hydrogen-bond acceptors (Lipinski definition) is 4. The van der Waals surface area contributed by atoms with Crippen molar-refractivity contribution in [3.63, 3.8) is 0 Å². The van der Waals surface area contributed by atoms with E-state index in [0.29, 0.717) is 11.0 Å². The highest BCUT2D eigenvalue weighted by atomic mass is 35.5. The molecule has 0 unspecified atom stereocenters. The molecule has 1 aromatic rings. The van der Waals surface area contributed by atoms with Gasteiger partial charge in [-0.2, -0.15) is 0 Å². The van der Waals surface area contributed by atoms with Crippen molar-refractivity contribution in [2.45, 2.75) is 5.88 Å². The van der Waals surface area contributed by atoms with E-state index in [9.17, 15) is 4.79 Å². The Kier molecular flexibility index (Phi) is 2.57. The summed E-state index contributed by atoms with van der Waals surface area (Å²) in [5.41, 5.74) is 0. The Hall–Kier alpha value is -0.700. The number of rotatable bonds is 2. The van der Waals surface area contributed by atoms with Crippen LogP contribution >= 0.6 is 22.9 Å². The van der Waals surface area contributed by atoms with E-state index in [1.54, 1.807) is 6.20 Å². The van der Waals surface area contributed by atoms with Gasteiger partial charge in [-0.05, 0) is 0 Å². The number of alkyl halides is 1. The van der Waals surface area contributed by atoms with Gasteiger partial charge in [-0.15, -0.1) is 16.6 Å². The fraction of sp³-hybridized carbons (Fsp3) is 0.200. The smallest absolute Gasteiger partial charge is 0.226 e. The highest BCUT2D eigenvalue weighted by molar-refractivity contribution is 7.15. The van der Waals surface area contributed by atoms with E-state index in [1.165, 1.54) is 17.4 Å². The fourth-order valence-electron chi connectivity index (χ4n) is 0.450. The molecule has 0 aliphatic heterocycles. The van der Waals surface area contributed by atoms with Gasteiger partial charge >= 0.3 is 0 Å². The van der Waals surface area contributed by atoms with E-state index < -0.39 is 0 Å². The van der Waals surface area contributed by atoms with Crippen molar-refractivity contribution < 1.29 is 4.79 Å². The van der Waals surface area contributed by atoms with Gasteiger partial charge in [0.25, 0.3) is 0 Å². The number of thiazole rings is 1. The van der Waals surface area contributed by atoms with Gasteiger partial charge in [0.1, 0.15) is 0 Å². The van der Waals surface area contributed by atoms with Crippen LogP contribution in [0.3, 0.4) is 0 Å². The summed E-state index contributed by atoms with van der Waals surface area (Å²) in [7, 11) is 0. The Morgan fingerprint density at radius 2 is 2.70 bits per heavy atom. The number of isocyanates is 1. The molecule has 0 amide bonds. The number of hydrogen-bond donors (Lipinski definition) is 0. The molecule has 1 rings (SSSR count). The van der Waals surface area contributed by atoms with E-state index in [4.69, 9.17) is 11.6 Å². The molecular formula is C5H3ClN2OS. The predicted octanol–water partition coefficient (Wildman–Crippen LogP) is 1.85. The number of aromatic nitrogens is 1. The van der Waals surface area contributed by atoms with Crippen molar-refractivity contribution in [1.29, 1.82) is 0 Å². The Balaban J connectivity index is 2.87. The minimum absolute atomic E-state index is 0.408. The number of aliphatic imine (C=N–C) groups is 1. The van der Waals surface area contributed by atoms with Gasteiger partial charge in [0, 0.05) is 11.1 Å². The molecule has 0 spiro atoms. The molecule has 0 N–H and O–H groups in total. The number of halogens is 1. The van der Waals surface area contributed by atoms with E-state index >= 15 is 0 Å². The lowest BCUT2D eigenvalue weighted by Crippen LogP contribution is -1.60. The Labute approximate surface area is 66.4 Å². The molecule has 0 atom stereocenters. The average Bonchev–Trinajstić information content (AvgIpc) is 2.37. The first-order valence-electron chi connectivity index (χ1n) is 2.45. The first-order valence-corrected chi connectivity index (χ1v) is 3.80. The number of nitrogens with zero attached hydrogens (tertiary/aromatic N) is 2. The van der Waals surface area contributed by atoms with Crippen molar-refractivity contribution in [2.75, 3.05) is 0 Å². The van der Waals surface area contributed by atoms with Crippen LogP contribution < -0.4 is 0 Å². The maximum absolute atomic E-state index is 9.71. The van der Waals surface area contributed by atoms with Crippen molar-refractivity contribution in [3.05, 3.63) is 11.1 Å². The second kappa shape index (κ2) is 3.46. The molecule has 0 saturated heterocycles. The van der Waals surface area contributed by atoms with E-state index in [-0.39, 0.29) is 0 Å². The maximum Gasteiger partial charge on any atom is 0.242 e. The van der Waals surface area contributed by atoms with Crippen molar-refractivity contribution in [1.82, 2.24) is 4.98 Å². The third-order valence-corrected chi connectivity index (χ3v) is 2.15. The van der Waals surface area contributed by atoms with Crippen LogP contribution in [0.1, 0.15) is 4.88 Å². The molecule has 0 aliphatic rings. The first-order chi connectivity index (χ1) is 4.86. The van der Waals surface area contributed by atoms with Crippen molar-refractivity contribution in [2.24, 2.45) is 4.99 Å². The summed E-state index contributed by atoms with van der Waals surface area (Å²) in [5, 5.41) is 0.408. The molecule has 0 aliphatic carbocycles. The second-order valence-electron chi connectivity index (χ2n) is 1.45. The van der Waals surface area contributed by atoms with Crippen LogP contribution in [-0.2, 0) is 10.7 Å². The van der Waals surface area contributed by atoms with Crippen LogP contribution in [0.2, 0.25) is 0 Å². The first kappa shape index (κ1) is 7.41. The van der Waals surface area contributed by atoms with Crippen LogP contribution in [0.4, 0.5) is 5.13 Å². The highest BCUT2D eigenvalue weighted by Gasteiger charge is 1.96. The second-order valence-corrected chi connectivity index (χ2v) is 2.81. The zero-order valence-electron chi connectivity index (χ0n) is 4.87. The summed E-state index contributed by atoms with van der Waals surface area (Å²) in [5.74, 6) is 0.409. The molecule has 5 heteroatoms. The maximum atomic E-state index is 9.71. The van der Waals surface area contributed by atoms with Gasteiger partial charge in [-0.3, -0.25) is 0 Å². The SMILES string of the molecule is O=C=Nc1ncc(CCl)s1. The zero-order valence-corrected chi connectivity index (χ0v) is 6.45. The third-order valence-electron chi connectivity index (χ3n) is 0.814. The summed E-state index contributed by atoms with van der Waals surface area (Å²) >= 11 is 6.76. The predicted molar refractivity (Wildman–Crippen MR) is 39.5 cm³/mol. The molecule has 1 aromatic heterocycles. The monoisotopic (exact) mass is 174 g/mol. The van der Waals surface area contributed by atoms with Gasteiger partial charge in [-0.1, -0.05) is 11.3 Å². The van der Waals surface area contributed by atoms with Crippen molar-refractivity contribution >= 4 is 34.1 Å². The van der Waals surface area contributed by atoms with Crippen LogP contribution in [0, 0.1) is 0 Å². The lowest BCUT2D eigenvalue weighted by Gasteiger charge is -1.76. The molecule has 3 nitrogen and oxygen atoms in total. The third kappa shape index (κ3) is 1.64. The number of carbonyl (C=O) groups excluding carboxylic acids is 1. The Morgan fingerprint density at radius 3 is 3.20 bits per heavy atom. The molecular weight excluding hydrogens is 172 g/mol. The van der Waals surface area contributed by atoms with Crippen LogP contribution in [0.15, 0.2) is 11.2 Å². The van der Waals surface area contributed by atoms with Gasteiger partial charge < -0.3 is 0 Å².